The molecule has 0 aliphatic carbocycles. The monoisotopic (exact) mass is 272 g/mol. The Morgan fingerprint density at radius 2 is 2.07 bits per heavy atom. The van der Waals surface area contributed by atoms with E-state index in [0.717, 1.165) is 17.3 Å². The Hall–Kier alpha value is -0.570. The van der Waals surface area contributed by atoms with E-state index in [4.69, 9.17) is 4.42 Å². The number of unbranched alkanes of at least 4 members (excludes halogenated alkanes) is 4. The van der Waals surface area contributed by atoms with Crippen LogP contribution < -0.4 is 0 Å². The van der Waals surface area contributed by atoms with E-state index in [2.05, 4.69) is 22.9 Å². The molecule has 15 heavy (non-hydrogen) atoms. The van der Waals surface area contributed by atoms with Crippen LogP contribution in [-0.2, 0) is 0 Å². The Kier molecular flexibility index (Phi) is 5.69. The fourth-order valence-electron chi connectivity index (χ4n) is 1.50. The SMILES string of the molecule is CCCCCCCC(=O)c1occc1Br. The van der Waals surface area contributed by atoms with E-state index in [9.17, 15) is 4.79 Å². The maximum Gasteiger partial charge on any atom is 0.199 e. The molecule has 0 atom stereocenters. The molecular weight excluding hydrogens is 256 g/mol. The molecule has 0 amide bonds. The zero-order valence-electron chi connectivity index (χ0n) is 9.09. The first-order valence-corrected chi connectivity index (χ1v) is 6.31. The van der Waals surface area contributed by atoms with Crippen LogP contribution in [0.4, 0.5) is 0 Å². The number of carbonyl (C=O) groups is 1. The minimum atomic E-state index is 0.100. The first-order chi connectivity index (χ1) is 7.25. The Balaban J connectivity index is 2.22. The first kappa shape index (κ1) is 12.5. The molecule has 0 unspecified atom stereocenters. The number of rotatable bonds is 7. The van der Waals surface area contributed by atoms with Crippen LogP contribution in [0.1, 0.15) is 56.0 Å². The van der Waals surface area contributed by atoms with Crippen LogP contribution in [0.25, 0.3) is 0 Å². The van der Waals surface area contributed by atoms with E-state index < -0.39 is 0 Å². The standard InChI is InChI=1S/C12H17BrO2/c1-2-3-4-5-6-7-11(14)12-10(13)8-9-15-12/h8-9H,2-7H2,1H3. The second-order valence-electron chi connectivity index (χ2n) is 3.69. The fraction of sp³-hybridized carbons (Fsp3) is 0.583. The van der Waals surface area contributed by atoms with Crippen molar-refractivity contribution in [1.29, 1.82) is 0 Å². The second kappa shape index (κ2) is 6.83. The lowest BCUT2D eigenvalue weighted by Crippen LogP contribution is -1.97. The number of furan rings is 1. The molecule has 0 aliphatic heterocycles. The first-order valence-electron chi connectivity index (χ1n) is 5.52. The van der Waals surface area contributed by atoms with Gasteiger partial charge in [-0.05, 0) is 28.4 Å². The van der Waals surface area contributed by atoms with Crippen LogP contribution in [0.2, 0.25) is 0 Å². The molecule has 0 saturated heterocycles. The lowest BCUT2D eigenvalue weighted by atomic mass is 10.1. The summed E-state index contributed by atoms with van der Waals surface area (Å²) >= 11 is 3.29. The van der Waals surface area contributed by atoms with Gasteiger partial charge in [0, 0.05) is 6.42 Å². The van der Waals surface area contributed by atoms with Crippen molar-refractivity contribution in [3.05, 3.63) is 22.6 Å². The molecule has 0 saturated carbocycles. The van der Waals surface area contributed by atoms with Gasteiger partial charge in [-0.15, -0.1) is 0 Å². The summed E-state index contributed by atoms with van der Waals surface area (Å²) in [5.41, 5.74) is 0. The number of carbonyl (C=O) groups excluding carboxylic acids is 1. The summed E-state index contributed by atoms with van der Waals surface area (Å²) in [6.45, 7) is 2.19. The lowest BCUT2D eigenvalue weighted by Gasteiger charge is -1.99. The molecule has 0 aliphatic rings. The normalized spacial score (nSPS) is 10.5. The van der Waals surface area contributed by atoms with Gasteiger partial charge in [-0.3, -0.25) is 4.79 Å². The average molecular weight is 273 g/mol. The van der Waals surface area contributed by atoms with Crippen molar-refractivity contribution in [2.45, 2.75) is 45.4 Å². The van der Waals surface area contributed by atoms with Crippen LogP contribution in [0.3, 0.4) is 0 Å². The van der Waals surface area contributed by atoms with Crippen molar-refractivity contribution in [3.8, 4) is 0 Å². The number of hydrogen-bond acceptors (Lipinski definition) is 2. The van der Waals surface area contributed by atoms with Crippen molar-refractivity contribution in [2.24, 2.45) is 0 Å². The number of ketones is 1. The van der Waals surface area contributed by atoms with Gasteiger partial charge in [0.15, 0.2) is 11.5 Å². The van der Waals surface area contributed by atoms with Gasteiger partial charge < -0.3 is 4.42 Å². The molecular formula is C12H17BrO2. The van der Waals surface area contributed by atoms with E-state index >= 15 is 0 Å². The predicted octanol–water partition coefficient (Wildman–Crippen LogP) is 4.59. The van der Waals surface area contributed by atoms with Crippen LogP contribution in [0.15, 0.2) is 21.2 Å². The molecule has 0 N–H and O–H groups in total. The van der Waals surface area contributed by atoms with E-state index in [-0.39, 0.29) is 5.78 Å². The van der Waals surface area contributed by atoms with Gasteiger partial charge in [0.25, 0.3) is 0 Å². The quantitative estimate of drug-likeness (QED) is 0.537. The van der Waals surface area contributed by atoms with Gasteiger partial charge >= 0.3 is 0 Å². The molecule has 84 valence electrons. The molecule has 0 spiro atoms. The van der Waals surface area contributed by atoms with Gasteiger partial charge in [-0.2, -0.15) is 0 Å². The summed E-state index contributed by atoms with van der Waals surface area (Å²) in [5.74, 6) is 0.564. The Labute approximate surface area is 99.2 Å². The third-order valence-electron chi connectivity index (χ3n) is 2.38. The highest BCUT2D eigenvalue weighted by Gasteiger charge is 2.12. The molecule has 2 nitrogen and oxygen atoms in total. The molecule has 3 heteroatoms. The Morgan fingerprint density at radius 3 is 2.67 bits per heavy atom. The fourth-order valence-corrected chi connectivity index (χ4v) is 1.92. The van der Waals surface area contributed by atoms with Crippen molar-refractivity contribution in [1.82, 2.24) is 0 Å². The summed E-state index contributed by atoms with van der Waals surface area (Å²) in [6, 6.07) is 1.75. The predicted molar refractivity (Wildman–Crippen MR) is 64.1 cm³/mol. The van der Waals surface area contributed by atoms with E-state index in [1.807, 2.05) is 0 Å². The van der Waals surface area contributed by atoms with Gasteiger partial charge in [-0.25, -0.2) is 0 Å². The second-order valence-corrected chi connectivity index (χ2v) is 4.54. The summed E-state index contributed by atoms with van der Waals surface area (Å²) in [6.07, 6.45) is 7.95. The van der Waals surface area contributed by atoms with Gasteiger partial charge in [-0.1, -0.05) is 32.6 Å². The van der Waals surface area contributed by atoms with Gasteiger partial charge in [0.05, 0.1) is 10.7 Å². The highest BCUT2D eigenvalue weighted by molar-refractivity contribution is 9.10. The maximum atomic E-state index is 11.6. The maximum absolute atomic E-state index is 11.6. The van der Waals surface area contributed by atoms with Gasteiger partial charge in [0.2, 0.25) is 0 Å². The summed E-state index contributed by atoms with van der Waals surface area (Å²) in [7, 11) is 0. The van der Waals surface area contributed by atoms with Crippen LogP contribution in [0, 0.1) is 0 Å². The lowest BCUT2D eigenvalue weighted by molar-refractivity contribution is 0.0951. The topological polar surface area (TPSA) is 30.2 Å². The molecule has 0 radical (unpaired) electrons. The van der Waals surface area contributed by atoms with E-state index in [0.29, 0.717) is 12.2 Å². The zero-order chi connectivity index (χ0) is 11.1. The van der Waals surface area contributed by atoms with Crippen molar-refractivity contribution in [2.75, 3.05) is 0 Å². The summed E-state index contributed by atoms with van der Waals surface area (Å²) in [4.78, 5) is 11.6. The third kappa shape index (κ3) is 4.20. The highest BCUT2D eigenvalue weighted by atomic mass is 79.9. The third-order valence-corrected chi connectivity index (χ3v) is 3.00. The Morgan fingerprint density at radius 1 is 1.33 bits per heavy atom. The molecule has 1 aromatic heterocycles. The highest BCUT2D eigenvalue weighted by Crippen LogP contribution is 2.20. The summed E-state index contributed by atoms with van der Waals surface area (Å²) in [5, 5.41) is 0. The zero-order valence-corrected chi connectivity index (χ0v) is 10.7. The van der Waals surface area contributed by atoms with Crippen LogP contribution >= 0.6 is 15.9 Å². The number of halogens is 1. The molecule has 0 fully saturated rings. The average Bonchev–Trinajstić information content (AvgIpc) is 2.64. The largest absolute Gasteiger partial charge is 0.460 e. The van der Waals surface area contributed by atoms with E-state index in [1.165, 1.54) is 25.5 Å². The van der Waals surface area contributed by atoms with Crippen molar-refractivity contribution >= 4 is 21.7 Å². The smallest absolute Gasteiger partial charge is 0.199 e. The van der Waals surface area contributed by atoms with Crippen LogP contribution in [0.5, 0.6) is 0 Å². The minimum Gasteiger partial charge on any atom is -0.460 e. The molecule has 0 aromatic carbocycles. The summed E-state index contributed by atoms with van der Waals surface area (Å²) < 4.78 is 5.87. The molecule has 0 bridgehead atoms. The van der Waals surface area contributed by atoms with Crippen molar-refractivity contribution in [3.63, 3.8) is 0 Å². The van der Waals surface area contributed by atoms with E-state index in [1.54, 1.807) is 6.07 Å². The molecule has 1 rings (SSSR count). The van der Waals surface area contributed by atoms with Crippen molar-refractivity contribution < 1.29 is 9.21 Å². The van der Waals surface area contributed by atoms with Crippen LogP contribution in [-0.4, -0.2) is 5.78 Å². The molecule has 1 heterocycles. The Bertz CT molecular complexity index is 304. The number of Topliss-reactive ketones (excluding diaryl/α,β-unsaturated/α-hetero) is 1. The minimum absolute atomic E-state index is 0.100. The molecule has 1 aromatic rings. The number of hydrogen-bond donors (Lipinski definition) is 0. The van der Waals surface area contributed by atoms with Gasteiger partial charge in [0.1, 0.15) is 0 Å².